The summed E-state index contributed by atoms with van der Waals surface area (Å²) in [7, 11) is 0. The third-order valence-electron chi connectivity index (χ3n) is 3.86. The maximum Gasteiger partial charge on any atom is 0.107 e. The van der Waals surface area contributed by atoms with Crippen molar-refractivity contribution in [3.63, 3.8) is 0 Å². The van der Waals surface area contributed by atoms with Crippen LogP contribution >= 0.6 is 11.3 Å². The van der Waals surface area contributed by atoms with Crippen molar-refractivity contribution in [3.05, 3.63) is 50.5 Å². The number of nitrogens with zero attached hydrogens (tertiary/aromatic N) is 1. The van der Waals surface area contributed by atoms with Gasteiger partial charge in [0, 0.05) is 23.7 Å². The van der Waals surface area contributed by atoms with Crippen LogP contribution < -0.4 is 5.32 Å². The predicted molar refractivity (Wildman–Crippen MR) is 87.4 cm³/mol. The molecule has 0 aliphatic heterocycles. The quantitative estimate of drug-likeness (QED) is 0.877. The summed E-state index contributed by atoms with van der Waals surface area (Å²) in [6.45, 7) is 11.8. The molecular weight excluding hydrogens is 264 g/mol. The van der Waals surface area contributed by atoms with Crippen LogP contribution in [0, 0.1) is 20.8 Å². The Morgan fingerprint density at radius 1 is 1.15 bits per heavy atom. The highest BCUT2D eigenvalue weighted by atomic mass is 32.1. The first kappa shape index (κ1) is 15.2. The largest absolute Gasteiger partial charge is 0.304 e. The number of nitrogens with one attached hydrogen (secondary N) is 1. The average Bonchev–Trinajstić information content (AvgIpc) is 2.88. The van der Waals surface area contributed by atoms with Crippen LogP contribution in [-0.2, 0) is 13.0 Å². The van der Waals surface area contributed by atoms with Gasteiger partial charge in [-0.3, -0.25) is 0 Å². The van der Waals surface area contributed by atoms with E-state index in [0.717, 1.165) is 13.0 Å². The number of hydrogen-bond acceptors (Lipinski definition) is 3. The first-order valence-electron chi connectivity index (χ1n) is 7.26. The summed E-state index contributed by atoms with van der Waals surface area (Å²) in [5.74, 6) is 0. The van der Waals surface area contributed by atoms with Crippen LogP contribution in [0.2, 0.25) is 0 Å². The smallest absolute Gasteiger partial charge is 0.107 e. The molecule has 1 unspecified atom stereocenters. The van der Waals surface area contributed by atoms with Gasteiger partial charge in [-0.2, -0.15) is 0 Å². The number of rotatable bonds is 5. The molecule has 108 valence electrons. The van der Waals surface area contributed by atoms with Crippen LogP contribution in [0.5, 0.6) is 0 Å². The van der Waals surface area contributed by atoms with Crippen LogP contribution in [0.1, 0.15) is 52.0 Å². The SMILES string of the molecule is CCc1cnc(CNC(C)c2cc(C)c(C)cc2C)s1. The van der Waals surface area contributed by atoms with Crippen molar-refractivity contribution in [2.75, 3.05) is 0 Å². The van der Waals surface area contributed by atoms with Crippen LogP contribution in [0.3, 0.4) is 0 Å². The van der Waals surface area contributed by atoms with Gasteiger partial charge in [0.1, 0.15) is 5.01 Å². The highest BCUT2D eigenvalue weighted by Gasteiger charge is 2.10. The molecule has 20 heavy (non-hydrogen) atoms. The van der Waals surface area contributed by atoms with Crippen molar-refractivity contribution in [3.8, 4) is 0 Å². The number of hydrogen-bond donors (Lipinski definition) is 1. The summed E-state index contributed by atoms with van der Waals surface area (Å²) >= 11 is 1.81. The van der Waals surface area contributed by atoms with Gasteiger partial charge in [0.05, 0.1) is 0 Å². The summed E-state index contributed by atoms with van der Waals surface area (Å²) in [5.41, 5.74) is 5.48. The number of aromatic nitrogens is 1. The Balaban J connectivity index is 2.04. The van der Waals surface area contributed by atoms with Gasteiger partial charge in [0.15, 0.2) is 0 Å². The molecule has 0 saturated heterocycles. The summed E-state index contributed by atoms with van der Waals surface area (Å²) < 4.78 is 0. The molecule has 0 bridgehead atoms. The molecular formula is C17H24N2S. The fourth-order valence-corrected chi connectivity index (χ4v) is 3.21. The zero-order chi connectivity index (χ0) is 14.7. The second kappa shape index (κ2) is 6.51. The Hall–Kier alpha value is -1.19. The second-order valence-electron chi connectivity index (χ2n) is 5.47. The first-order chi connectivity index (χ1) is 9.51. The molecule has 1 heterocycles. The first-order valence-corrected chi connectivity index (χ1v) is 8.07. The lowest BCUT2D eigenvalue weighted by atomic mass is 9.96. The lowest BCUT2D eigenvalue weighted by molar-refractivity contribution is 0.570. The lowest BCUT2D eigenvalue weighted by Gasteiger charge is -2.18. The molecule has 0 aliphatic carbocycles. The van der Waals surface area contributed by atoms with Gasteiger partial charge in [0.2, 0.25) is 0 Å². The van der Waals surface area contributed by atoms with Crippen molar-refractivity contribution < 1.29 is 0 Å². The topological polar surface area (TPSA) is 24.9 Å². The third kappa shape index (κ3) is 3.47. The summed E-state index contributed by atoms with van der Waals surface area (Å²) in [4.78, 5) is 5.82. The highest BCUT2D eigenvalue weighted by molar-refractivity contribution is 7.11. The van der Waals surface area contributed by atoms with Crippen LogP contribution in [0.15, 0.2) is 18.3 Å². The van der Waals surface area contributed by atoms with Gasteiger partial charge >= 0.3 is 0 Å². The van der Waals surface area contributed by atoms with Crippen molar-refractivity contribution in [1.82, 2.24) is 10.3 Å². The molecule has 2 aromatic rings. The number of thiazole rings is 1. The van der Waals surface area contributed by atoms with E-state index in [9.17, 15) is 0 Å². The van der Waals surface area contributed by atoms with E-state index in [1.54, 1.807) is 11.3 Å². The van der Waals surface area contributed by atoms with Gasteiger partial charge in [-0.1, -0.05) is 19.1 Å². The van der Waals surface area contributed by atoms with Gasteiger partial charge in [0.25, 0.3) is 0 Å². The fraction of sp³-hybridized carbons (Fsp3) is 0.471. The Morgan fingerprint density at radius 2 is 1.85 bits per heavy atom. The van der Waals surface area contributed by atoms with E-state index in [4.69, 9.17) is 0 Å². The molecule has 0 aliphatic rings. The second-order valence-corrected chi connectivity index (χ2v) is 6.67. The van der Waals surface area contributed by atoms with Crippen molar-refractivity contribution >= 4 is 11.3 Å². The third-order valence-corrected chi connectivity index (χ3v) is 5.00. The fourth-order valence-electron chi connectivity index (χ4n) is 2.39. The van der Waals surface area contributed by atoms with E-state index in [1.807, 2.05) is 6.20 Å². The summed E-state index contributed by atoms with van der Waals surface area (Å²) in [6.07, 6.45) is 3.07. The molecule has 1 aromatic heterocycles. The van der Waals surface area contributed by atoms with E-state index in [-0.39, 0.29) is 0 Å². The summed E-state index contributed by atoms with van der Waals surface area (Å²) in [6, 6.07) is 4.94. The van der Waals surface area contributed by atoms with E-state index >= 15 is 0 Å². The zero-order valence-electron chi connectivity index (χ0n) is 13.1. The molecule has 2 rings (SSSR count). The maximum absolute atomic E-state index is 4.46. The Labute approximate surface area is 126 Å². The molecule has 1 N–H and O–H groups in total. The van der Waals surface area contributed by atoms with E-state index in [2.05, 4.69) is 57.1 Å². The molecule has 0 amide bonds. The molecule has 0 saturated carbocycles. The van der Waals surface area contributed by atoms with Crippen LogP contribution in [0.25, 0.3) is 0 Å². The highest BCUT2D eigenvalue weighted by Crippen LogP contribution is 2.22. The molecule has 1 atom stereocenters. The monoisotopic (exact) mass is 288 g/mol. The predicted octanol–water partition coefficient (Wildman–Crippen LogP) is 4.48. The lowest BCUT2D eigenvalue weighted by Crippen LogP contribution is -2.19. The average molecular weight is 288 g/mol. The molecule has 0 spiro atoms. The molecule has 0 radical (unpaired) electrons. The normalized spacial score (nSPS) is 12.7. The standard InChI is InChI=1S/C17H24N2S/c1-6-15-9-19-17(20-15)10-18-14(5)16-8-12(3)11(2)7-13(16)4/h7-9,14,18H,6,10H2,1-5H3. The Bertz CT molecular complexity index is 587. The zero-order valence-corrected chi connectivity index (χ0v) is 13.9. The summed E-state index contributed by atoms with van der Waals surface area (Å²) in [5, 5.41) is 4.76. The van der Waals surface area contributed by atoms with Crippen molar-refractivity contribution in [2.45, 2.75) is 53.6 Å². The minimum atomic E-state index is 0.350. The van der Waals surface area contributed by atoms with Gasteiger partial charge in [-0.05, 0) is 56.4 Å². The van der Waals surface area contributed by atoms with Crippen LogP contribution in [-0.4, -0.2) is 4.98 Å². The Morgan fingerprint density at radius 3 is 2.50 bits per heavy atom. The molecule has 3 heteroatoms. The number of aryl methyl sites for hydroxylation is 4. The van der Waals surface area contributed by atoms with Gasteiger partial charge < -0.3 is 5.32 Å². The van der Waals surface area contributed by atoms with E-state index in [1.165, 1.54) is 32.1 Å². The van der Waals surface area contributed by atoms with Crippen LogP contribution in [0.4, 0.5) is 0 Å². The molecule has 1 aromatic carbocycles. The molecule has 2 nitrogen and oxygen atoms in total. The van der Waals surface area contributed by atoms with Crippen molar-refractivity contribution in [1.29, 1.82) is 0 Å². The minimum Gasteiger partial charge on any atom is -0.304 e. The molecule has 0 fully saturated rings. The maximum atomic E-state index is 4.46. The van der Waals surface area contributed by atoms with E-state index in [0.29, 0.717) is 6.04 Å². The van der Waals surface area contributed by atoms with Gasteiger partial charge in [-0.25, -0.2) is 4.98 Å². The van der Waals surface area contributed by atoms with Crippen molar-refractivity contribution in [2.24, 2.45) is 0 Å². The van der Waals surface area contributed by atoms with Gasteiger partial charge in [-0.15, -0.1) is 11.3 Å². The van der Waals surface area contributed by atoms with E-state index < -0.39 is 0 Å². The number of benzene rings is 1. The Kier molecular flexibility index (Phi) is 4.95. The minimum absolute atomic E-state index is 0.350.